The van der Waals surface area contributed by atoms with Crippen molar-refractivity contribution in [3.63, 3.8) is 0 Å². The van der Waals surface area contributed by atoms with E-state index in [0.29, 0.717) is 6.10 Å². The van der Waals surface area contributed by atoms with Gasteiger partial charge in [0, 0.05) is 32.4 Å². The van der Waals surface area contributed by atoms with Crippen molar-refractivity contribution in [1.82, 2.24) is 4.98 Å². The van der Waals surface area contributed by atoms with Gasteiger partial charge in [-0.05, 0) is 43.7 Å². The van der Waals surface area contributed by atoms with Gasteiger partial charge in [-0.25, -0.2) is 0 Å². The highest BCUT2D eigenvalue weighted by Gasteiger charge is 2.31. The van der Waals surface area contributed by atoms with Crippen LogP contribution in [0.1, 0.15) is 53.2 Å². The number of aromatic nitrogens is 1. The summed E-state index contributed by atoms with van der Waals surface area (Å²) in [6.07, 6.45) is 4.61. The molecule has 0 atom stereocenters. The normalized spacial score (nSPS) is 18.6. The van der Waals surface area contributed by atoms with Crippen molar-refractivity contribution in [2.75, 3.05) is 5.75 Å². The average Bonchev–Trinajstić information content (AvgIpc) is 2.59. The van der Waals surface area contributed by atoms with Gasteiger partial charge in [0.2, 0.25) is 0 Å². The van der Waals surface area contributed by atoms with Crippen LogP contribution < -0.4 is 4.74 Å². The highest BCUT2D eigenvalue weighted by Crippen LogP contribution is 2.37. The molecule has 0 spiro atoms. The molecule has 24 heavy (non-hydrogen) atoms. The topological polar surface area (TPSA) is 22.1 Å². The van der Waals surface area contributed by atoms with Crippen LogP contribution in [0.4, 0.5) is 0 Å². The van der Waals surface area contributed by atoms with Gasteiger partial charge in [-0.2, -0.15) is 11.8 Å². The molecule has 3 rings (SSSR count). The van der Waals surface area contributed by atoms with E-state index in [-0.39, 0.29) is 0 Å². The summed E-state index contributed by atoms with van der Waals surface area (Å²) in [5, 5.41) is 3.05. The first-order valence-corrected chi connectivity index (χ1v) is 10.8. The molecule has 2 aromatic rings. The van der Waals surface area contributed by atoms with Gasteiger partial charge in [0.15, 0.2) is 0 Å². The van der Waals surface area contributed by atoms with Crippen molar-refractivity contribution >= 4 is 38.5 Å². The smallest absolute Gasteiger partial charge is 0.129 e. The molecule has 2 nitrogen and oxygen atoms in total. The third-order valence-corrected chi connectivity index (χ3v) is 5.57. The standard InChI is InChI=1S/C16H18BrNOS.2C2H6/c1-3-20-12-7-11(8-12)19-16-5-4-15(17)13-6-10(2)18-9-14(13)16;2*1-2/h4-6,9,11-12H,3,7-8H2,1-2H3;2*1-2H3. The number of pyridine rings is 1. The molecule has 0 saturated heterocycles. The van der Waals surface area contributed by atoms with Crippen LogP contribution in [0.3, 0.4) is 0 Å². The number of hydrogen-bond acceptors (Lipinski definition) is 3. The first-order chi connectivity index (χ1) is 11.7. The average molecular weight is 412 g/mol. The van der Waals surface area contributed by atoms with E-state index < -0.39 is 0 Å². The van der Waals surface area contributed by atoms with Gasteiger partial charge in [-0.1, -0.05) is 50.5 Å². The molecule has 0 aliphatic heterocycles. The maximum atomic E-state index is 6.16. The number of halogens is 1. The summed E-state index contributed by atoms with van der Waals surface area (Å²) in [6, 6.07) is 6.21. The Morgan fingerprint density at radius 3 is 2.46 bits per heavy atom. The summed E-state index contributed by atoms with van der Waals surface area (Å²) in [5.41, 5.74) is 1.03. The second-order valence-electron chi connectivity index (χ2n) is 5.21. The van der Waals surface area contributed by atoms with Crippen LogP contribution in [0.5, 0.6) is 5.75 Å². The number of thioether (sulfide) groups is 1. The molecule has 1 aromatic carbocycles. The van der Waals surface area contributed by atoms with E-state index in [1.54, 1.807) is 0 Å². The van der Waals surface area contributed by atoms with Crippen molar-refractivity contribution in [3.05, 3.63) is 34.6 Å². The van der Waals surface area contributed by atoms with Crippen LogP contribution in [-0.2, 0) is 0 Å². The fourth-order valence-electron chi connectivity index (χ4n) is 2.55. The Hall–Kier alpha value is -0.740. The molecule has 1 aliphatic rings. The van der Waals surface area contributed by atoms with Gasteiger partial charge in [-0.3, -0.25) is 4.98 Å². The minimum absolute atomic E-state index is 0.365. The van der Waals surface area contributed by atoms with Gasteiger partial charge >= 0.3 is 0 Å². The van der Waals surface area contributed by atoms with Gasteiger partial charge in [0.05, 0.1) is 0 Å². The summed E-state index contributed by atoms with van der Waals surface area (Å²) in [7, 11) is 0. The molecule has 1 heterocycles. The molecule has 0 amide bonds. The molecule has 1 fully saturated rings. The summed E-state index contributed by atoms with van der Waals surface area (Å²) >= 11 is 5.65. The zero-order chi connectivity index (χ0) is 18.1. The number of nitrogens with zero attached hydrogens (tertiary/aromatic N) is 1. The molecule has 134 valence electrons. The van der Waals surface area contributed by atoms with Crippen LogP contribution in [-0.4, -0.2) is 22.1 Å². The monoisotopic (exact) mass is 411 g/mol. The number of rotatable bonds is 4. The van der Waals surface area contributed by atoms with E-state index in [2.05, 4.69) is 40.0 Å². The Morgan fingerprint density at radius 1 is 1.17 bits per heavy atom. The molecule has 0 bridgehead atoms. The number of aryl methyl sites for hydroxylation is 1. The Bertz CT molecular complexity index is 626. The molecular weight excluding hydrogens is 382 g/mol. The summed E-state index contributed by atoms with van der Waals surface area (Å²) in [6.45, 7) is 12.2. The minimum atomic E-state index is 0.365. The first-order valence-electron chi connectivity index (χ1n) is 9.00. The summed E-state index contributed by atoms with van der Waals surface area (Å²) < 4.78 is 7.26. The van der Waals surface area contributed by atoms with E-state index >= 15 is 0 Å². The highest BCUT2D eigenvalue weighted by molar-refractivity contribution is 9.10. The van der Waals surface area contributed by atoms with Crippen LogP contribution >= 0.6 is 27.7 Å². The zero-order valence-electron chi connectivity index (χ0n) is 15.7. The van der Waals surface area contributed by atoms with Crippen molar-refractivity contribution in [1.29, 1.82) is 0 Å². The van der Waals surface area contributed by atoms with Gasteiger partial charge in [0.1, 0.15) is 11.9 Å². The summed E-state index contributed by atoms with van der Waals surface area (Å²) in [5.74, 6) is 2.16. The zero-order valence-corrected chi connectivity index (χ0v) is 18.1. The van der Waals surface area contributed by atoms with Crippen molar-refractivity contribution < 1.29 is 4.74 Å². The second kappa shape index (κ2) is 11.0. The Balaban J connectivity index is 0.000000671. The second-order valence-corrected chi connectivity index (χ2v) is 7.64. The predicted octanol–water partition coefficient (Wildman–Crippen LogP) is 7.02. The highest BCUT2D eigenvalue weighted by atomic mass is 79.9. The first kappa shape index (κ1) is 21.3. The molecule has 0 radical (unpaired) electrons. The Morgan fingerprint density at radius 2 is 1.83 bits per heavy atom. The van der Waals surface area contributed by atoms with Crippen molar-refractivity contribution in [3.8, 4) is 5.75 Å². The van der Waals surface area contributed by atoms with E-state index in [1.807, 2.05) is 58.6 Å². The quantitative estimate of drug-likeness (QED) is 0.539. The van der Waals surface area contributed by atoms with Crippen molar-refractivity contribution in [2.24, 2.45) is 0 Å². The fourth-order valence-corrected chi connectivity index (χ4v) is 4.18. The predicted molar refractivity (Wildman–Crippen MR) is 112 cm³/mol. The largest absolute Gasteiger partial charge is 0.490 e. The Kier molecular flexibility index (Phi) is 9.75. The molecule has 1 aromatic heterocycles. The molecule has 0 N–H and O–H groups in total. The van der Waals surface area contributed by atoms with E-state index in [1.165, 1.54) is 11.1 Å². The van der Waals surface area contributed by atoms with Gasteiger partial charge in [0.25, 0.3) is 0 Å². The number of ether oxygens (including phenoxy) is 1. The molecule has 4 heteroatoms. The summed E-state index contributed by atoms with van der Waals surface area (Å²) in [4.78, 5) is 4.40. The lowest BCUT2D eigenvalue weighted by Gasteiger charge is -2.35. The number of hydrogen-bond donors (Lipinski definition) is 0. The third kappa shape index (κ3) is 5.38. The molecule has 1 aliphatic carbocycles. The lowest BCUT2D eigenvalue weighted by molar-refractivity contribution is 0.128. The van der Waals surface area contributed by atoms with Crippen LogP contribution in [0, 0.1) is 6.92 Å². The van der Waals surface area contributed by atoms with Crippen LogP contribution in [0.25, 0.3) is 10.8 Å². The maximum Gasteiger partial charge on any atom is 0.129 e. The molecular formula is C20H30BrNOS. The molecule has 0 unspecified atom stereocenters. The lowest BCUT2D eigenvalue weighted by Crippen LogP contribution is -2.35. The third-order valence-electron chi connectivity index (χ3n) is 3.69. The number of benzene rings is 1. The van der Waals surface area contributed by atoms with E-state index in [0.717, 1.165) is 39.4 Å². The van der Waals surface area contributed by atoms with E-state index in [4.69, 9.17) is 4.74 Å². The van der Waals surface area contributed by atoms with Crippen LogP contribution in [0.15, 0.2) is 28.9 Å². The fraction of sp³-hybridized carbons (Fsp3) is 0.550. The lowest BCUT2D eigenvalue weighted by atomic mass is 9.95. The van der Waals surface area contributed by atoms with Gasteiger partial charge in [-0.15, -0.1) is 0 Å². The SMILES string of the molecule is CC.CC.CCSC1CC(Oc2ccc(Br)c3cc(C)ncc23)C1. The Labute approximate surface area is 159 Å². The van der Waals surface area contributed by atoms with E-state index in [9.17, 15) is 0 Å². The van der Waals surface area contributed by atoms with Crippen molar-refractivity contribution in [2.45, 2.75) is 65.7 Å². The molecule has 1 saturated carbocycles. The minimum Gasteiger partial charge on any atom is -0.490 e. The maximum absolute atomic E-state index is 6.16. The number of fused-ring (bicyclic) bond motifs is 1. The van der Waals surface area contributed by atoms with Gasteiger partial charge < -0.3 is 4.74 Å². The van der Waals surface area contributed by atoms with Crippen LogP contribution in [0.2, 0.25) is 0 Å².